The number of rotatable bonds is 0. The molecule has 0 saturated carbocycles. The van der Waals surface area contributed by atoms with Crippen LogP contribution < -0.4 is 103 Å². The minimum absolute atomic E-state index is 0. The first-order chi connectivity index (χ1) is 13.4. The molecule has 13 nitrogen and oxygen atoms in total. The molecule has 1 amide bonds. The molecule has 0 aliphatic carbocycles. The molecule has 0 saturated heterocycles. The van der Waals surface area contributed by atoms with Crippen molar-refractivity contribution in [2.75, 3.05) is 12.5 Å². The van der Waals surface area contributed by atoms with Crippen molar-refractivity contribution >= 4 is 39.8 Å². The molecule has 0 aliphatic rings. The average Bonchev–Trinajstić information content (AvgIpc) is 2.28. The van der Waals surface area contributed by atoms with E-state index in [1.165, 1.54) is 0 Å². The quantitative estimate of drug-likeness (QED) is 0.115. The van der Waals surface area contributed by atoms with Gasteiger partial charge >= 0.3 is 115 Å². The van der Waals surface area contributed by atoms with Gasteiger partial charge in [0.1, 0.15) is 16.8 Å². The fourth-order valence-electron chi connectivity index (χ4n) is 0.888. The minimum Gasteiger partial charge on any atom is -0.693 e. The molecule has 0 aromatic rings. The van der Waals surface area contributed by atoms with Crippen molar-refractivity contribution in [2.24, 2.45) is 0 Å². The van der Waals surface area contributed by atoms with Crippen molar-refractivity contribution in [3.05, 3.63) is 11.9 Å². The summed E-state index contributed by atoms with van der Waals surface area (Å²) in [5.74, 6) is 0. The van der Waals surface area contributed by atoms with E-state index in [9.17, 15) is 14.4 Å². The van der Waals surface area contributed by atoms with E-state index in [4.69, 9.17) is 32.0 Å². The van der Waals surface area contributed by atoms with Gasteiger partial charge in [-0.2, -0.15) is 0 Å². The summed E-state index contributed by atoms with van der Waals surface area (Å²) in [5.41, 5.74) is 4.47. The number of amides is 1. The summed E-state index contributed by atoms with van der Waals surface area (Å²) in [5, 5.41) is 0. The molecule has 0 spiro atoms. The van der Waals surface area contributed by atoms with Crippen molar-refractivity contribution in [1.82, 2.24) is 0 Å². The molecule has 0 atom stereocenters. The molecule has 0 unspecified atom stereocenters. The number of nitrogens with two attached hydrogens (primary N) is 1. The molecular formula is C17H36K2N2O11S2-2. The van der Waals surface area contributed by atoms with Crippen LogP contribution in [-0.4, -0.2) is 47.7 Å². The van der Waals surface area contributed by atoms with Gasteiger partial charge in [-0.25, -0.2) is 9.59 Å². The Kier molecular flexibility index (Phi) is 39.2. The predicted octanol–water partition coefficient (Wildman–Crippen LogP) is -0.577. The van der Waals surface area contributed by atoms with Crippen molar-refractivity contribution in [2.45, 2.75) is 79.1 Å². The zero-order valence-electron chi connectivity index (χ0n) is 22.4. The molecule has 0 aromatic carbocycles. The molecular weight excluding hydrogens is 551 g/mol. The van der Waals surface area contributed by atoms with E-state index in [0.29, 0.717) is 0 Å². The topological polar surface area (TPSA) is 214 Å². The van der Waals surface area contributed by atoms with E-state index in [1.807, 2.05) is 0 Å². The number of carbonyl (C=O) groups excluding carboxylic acids is 3. The smallest absolute Gasteiger partial charge is 0.693 e. The molecule has 0 radical (unpaired) electrons. The monoisotopic (exact) mass is 586 g/mol. The van der Waals surface area contributed by atoms with Crippen LogP contribution in [0.1, 0.15) is 62.3 Å². The second kappa shape index (κ2) is 25.8. The largest absolute Gasteiger partial charge is 1.00 e. The summed E-state index contributed by atoms with van der Waals surface area (Å²) in [7, 11) is -3.72. The van der Waals surface area contributed by atoms with E-state index in [-0.39, 0.29) is 109 Å². The van der Waals surface area contributed by atoms with Gasteiger partial charge in [0.05, 0.1) is 0 Å². The maximum absolute atomic E-state index is 11.0. The molecule has 0 fully saturated rings. The van der Waals surface area contributed by atoms with Crippen LogP contribution in [0.25, 0.3) is 11.9 Å². The van der Waals surface area contributed by atoms with Gasteiger partial charge in [0, 0.05) is 0 Å². The van der Waals surface area contributed by atoms with Gasteiger partial charge in [-0.05, 0) is 62.3 Å². The van der Waals surface area contributed by atoms with Crippen LogP contribution in [0.2, 0.25) is 0 Å². The minimum atomic E-state index is -1.86. The zero-order valence-corrected chi connectivity index (χ0v) is 30.3. The van der Waals surface area contributed by atoms with Crippen LogP contribution in [0.5, 0.6) is 0 Å². The molecule has 196 valence electrons. The molecule has 3 N–H and O–H groups in total. The van der Waals surface area contributed by atoms with Gasteiger partial charge in [-0.3, -0.25) is 4.79 Å². The van der Waals surface area contributed by atoms with Gasteiger partial charge < -0.3 is 47.7 Å². The van der Waals surface area contributed by atoms with E-state index >= 15 is 0 Å². The van der Waals surface area contributed by atoms with Crippen LogP contribution in [0.4, 0.5) is 14.4 Å². The van der Waals surface area contributed by atoms with Crippen LogP contribution in [0, 0.1) is 0 Å². The molecule has 34 heavy (non-hydrogen) atoms. The first kappa shape index (κ1) is 51.7. The van der Waals surface area contributed by atoms with Crippen molar-refractivity contribution in [3.63, 3.8) is 0 Å². The zero-order chi connectivity index (χ0) is 26.2. The number of hydrogen-bond acceptors (Lipinski definition) is 13. The molecule has 0 aromatic heterocycles. The Hall–Kier alpha value is 1.14. The Balaban J connectivity index is -0.0000000651. The van der Waals surface area contributed by atoms with Gasteiger partial charge in [0.25, 0.3) is 0 Å². The summed E-state index contributed by atoms with van der Waals surface area (Å²) in [6.45, 7) is 15.2. The van der Waals surface area contributed by atoms with Crippen LogP contribution >= 0.6 is 0 Å². The molecule has 0 aliphatic heterocycles. The number of hydrogen-bond donors (Lipinski definition) is 0. The normalized spacial score (nSPS) is 9.79. The molecule has 17 heteroatoms. The summed E-state index contributed by atoms with van der Waals surface area (Å²) in [4.78, 5) is 31.9. The first-order valence-electron chi connectivity index (χ1n) is 8.48. The van der Waals surface area contributed by atoms with Gasteiger partial charge in [0.15, 0.2) is 0 Å². The summed E-state index contributed by atoms with van der Waals surface area (Å²) in [6, 6.07) is 0. The standard InChI is InChI=1S/C10H18O5.C5H11NO2.2CH3O2S.2K.H2N/c1-9(2,3)14-7(11)13-8(12)15-10(4,5)6;1-5(2,3)8-4(6)7;2*1-4(2)3;;;/h1-6H3;1-3H3,(H2,6,7);2*1H3;;;1H2/q;;2*-1;2*+1;-1/p-1. The van der Waals surface area contributed by atoms with E-state index in [0.717, 1.165) is 12.5 Å². The Morgan fingerprint density at radius 1 is 0.588 bits per heavy atom. The third-order valence-corrected chi connectivity index (χ3v) is 1.34. The van der Waals surface area contributed by atoms with E-state index in [1.54, 1.807) is 62.3 Å². The fourth-order valence-corrected chi connectivity index (χ4v) is 0.888. The van der Waals surface area contributed by atoms with Gasteiger partial charge in [-0.15, -0.1) is 0 Å². The second-order valence-corrected chi connectivity index (χ2v) is 9.94. The van der Waals surface area contributed by atoms with Crippen LogP contribution in [0.3, 0.4) is 0 Å². The first-order valence-corrected chi connectivity index (χ1v) is 11.4. The Morgan fingerprint density at radius 3 is 0.853 bits per heavy atom. The number of carbonyl (C=O) groups is 3. The molecule has 0 rings (SSSR count). The number of nitrogens with one attached hydrogen (secondary N) is 1. The average molecular weight is 587 g/mol. The predicted molar refractivity (Wildman–Crippen MR) is 119 cm³/mol. The van der Waals surface area contributed by atoms with Crippen LogP contribution in [-0.2, 0) is 57.2 Å². The molecule has 0 heterocycles. The maximum atomic E-state index is 11.0. The fraction of sp³-hybridized carbons (Fsp3) is 0.824. The summed E-state index contributed by atoms with van der Waals surface area (Å²) in [6.07, 6.45) is -0.925. The van der Waals surface area contributed by atoms with Crippen molar-refractivity contribution in [3.8, 4) is 0 Å². The third kappa shape index (κ3) is 84.4. The van der Waals surface area contributed by atoms with E-state index in [2.05, 4.69) is 9.47 Å². The van der Waals surface area contributed by atoms with E-state index < -0.39 is 56.6 Å². The summed E-state index contributed by atoms with van der Waals surface area (Å²) < 4.78 is 54.3. The second-order valence-electron chi connectivity index (χ2n) is 8.34. The van der Waals surface area contributed by atoms with Crippen LogP contribution in [0.15, 0.2) is 0 Å². The third-order valence-electron chi connectivity index (χ3n) is 1.34. The SMILES string of the molecule is CC(C)(C)OC(=O)OC(=O)OC(C)(C)C.CC(C)(C)OC([NH-])=O.C[S-](=O)=O.C[S-](=O)=O.[K+].[K+].[NH2-]. The van der Waals surface area contributed by atoms with Gasteiger partial charge in [-0.1, -0.05) is 33.9 Å². The maximum Gasteiger partial charge on any atom is 1.00 e. The molecule has 0 bridgehead atoms. The Labute approximate surface area is 291 Å². The summed E-state index contributed by atoms with van der Waals surface area (Å²) >= 11 is 0. The number of ether oxygens (including phenoxy) is 4. The van der Waals surface area contributed by atoms with Crippen molar-refractivity contribution < 1.29 is 153 Å². The van der Waals surface area contributed by atoms with Crippen molar-refractivity contribution in [1.29, 1.82) is 0 Å². The van der Waals surface area contributed by atoms with Gasteiger partial charge in [0.2, 0.25) is 6.09 Å². The Bertz CT molecular complexity index is 646. The Morgan fingerprint density at radius 2 is 0.765 bits per heavy atom.